The first kappa shape index (κ1) is 29.0. The van der Waals surface area contributed by atoms with Crippen molar-refractivity contribution in [3.8, 4) is 0 Å². The zero-order valence-electron chi connectivity index (χ0n) is 20.2. The molecule has 0 aliphatic rings. The SMILES string of the molecule is CCNC(=O)[C@H](C)N(Cc1c(Cl)cccc1Cl)C(=O)CN(c1cccc(Br)c1)S(=O)(=O)c1ccccc1. The fourth-order valence-corrected chi connectivity index (χ4v) is 5.97. The Hall–Kier alpha value is -2.59. The van der Waals surface area contributed by atoms with Gasteiger partial charge in [-0.3, -0.25) is 13.9 Å². The summed E-state index contributed by atoms with van der Waals surface area (Å²) in [5, 5.41) is 3.36. The Balaban J connectivity index is 2.06. The molecule has 1 atom stereocenters. The molecule has 0 saturated carbocycles. The maximum Gasteiger partial charge on any atom is 0.264 e. The summed E-state index contributed by atoms with van der Waals surface area (Å²) < 4.78 is 29.1. The standard InChI is InChI=1S/C26H26BrCl2N3O4S/c1-3-30-26(34)18(2)31(16-22-23(28)13-8-14-24(22)29)25(33)17-32(20-10-7-9-19(27)15-20)37(35,36)21-11-5-4-6-12-21/h4-15,18H,3,16-17H2,1-2H3,(H,30,34)/t18-/m0/s1. The molecular formula is C26H26BrCl2N3O4S. The number of amides is 2. The maximum atomic E-state index is 13.8. The monoisotopic (exact) mass is 625 g/mol. The number of likely N-dealkylation sites (N-methyl/N-ethyl adjacent to an activating group) is 1. The second-order valence-electron chi connectivity index (χ2n) is 8.10. The highest BCUT2D eigenvalue weighted by atomic mass is 79.9. The summed E-state index contributed by atoms with van der Waals surface area (Å²) in [6.07, 6.45) is 0. The number of rotatable bonds is 10. The molecule has 37 heavy (non-hydrogen) atoms. The van der Waals surface area contributed by atoms with Gasteiger partial charge in [-0.25, -0.2) is 8.42 Å². The van der Waals surface area contributed by atoms with E-state index < -0.39 is 28.5 Å². The van der Waals surface area contributed by atoms with Crippen LogP contribution in [-0.2, 0) is 26.2 Å². The van der Waals surface area contributed by atoms with Crippen LogP contribution < -0.4 is 9.62 Å². The molecule has 196 valence electrons. The second kappa shape index (κ2) is 12.8. The fraction of sp³-hybridized carbons (Fsp3) is 0.231. The first-order valence-corrected chi connectivity index (χ1v) is 14.4. The third-order valence-electron chi connectivity index (χ3n) is 5.61. The van der Waals surface area contributed by atoms with Gasteiger partial charge >= 0.3 is 0 Å². The van der Waals surface area contributed by atoms with Gasteiger partial charge in [0.2, 0.25) is 11.8 Å². The van der Waals surface area contributed by atoms with E-state index in [0.29, 0.717) is 26.6 Å². The Labute approximate surface area is 235 Å². The van der Waals surface area contributed by atoms with E-state index in [0.717, 1.165) is 4.31 Å². The molecule has 0 spiro atoms. The zero-order valence-corrected chi connectivity index (χ0v) is 24.1. The normalized spacial score (nSPS) is 12.0. The van der Waals surface area contributed by atoms with Gasteiger partial charge in [0.1, 0.15) is 12.6 Å². The quantitative estimate of drug-likeness (QED) is 0.322. The van der Waals surface area contributed by atoms with E-state index in [4.69, 9.17) is 23.2 Å². The Bertz CT molecular complexity index is 1350. The van der Waals surface area contributed by atoms with E-state index in [-0.39, 0.29) is 23.0 Å². The Morgan fingerprint density at radius 3 is 2.19 bits per heavy atom. The van der Waals surface area contributed by atoms with Crippen molar-refractivity contribution in [1.29, 1.82) is 0 Å². The van der Waals surface area contributed by atoms with E-state index in [1.165, 1.54) is 17.0 Å². The maximum absolute atomic E-state index is 13.8. The molecular weight excluding hydrogens is 601 g/mol. The molecule has 0 bridgehead atoms. The number of nitrogens with one attached hydrogen (secondary N) is 1. The average Bonchev–Trinajstić information content (AvgIpc) is 2.87. The summed E-state index contributed by atoms with van der Waals surface area (Å²) in [5.74, 6) is -0.992. The number of carbonyl (C=O) groups is 2. The lowest BCUT2D eigenvalue weighted by Crippen LogP contribution is -2.51. The van der Waals surface area contributed by atoms with Crippen molar-refractivity contribution in [2.45, 2.75) is 31.3 Å². The van der Waals surface area contributed by atoms with Crippen LogP contribution in [-0.4, -0.2) is 44.3 Å². The highest BCUT2D eigenvalue weighted by Crippen LogP contribution is 2.29. The van der Waals surface area contributed by atoms with E-state index >= 15 is 0 Å². The summed E-state index contributed by atoms with van der Waals surface area (Å²) in [6, 6.07) is 18.5. The molecule has 0 aliphatic carbocycles. The third kappa shape index (κ3) is 7.04. The molecule has 7 nitrogen and oxygen atoms in total. The van der Waals surface area contributed by atoms with Crippen LogP contribution in [0.25, 0.3) is 0 Å². The van der Waals surface area contributed by atoms with Crippen LogP contribution in [0.4, 0.5) is 5.69 Å². The smallest absolute Gasteiger partial charge is 0.264 e. The van der Waals surface area contributed by atoms with Crippen molar-refractivity contribution < 1.29 is 18.0 Å². The zero-order chi connectivity index (χ0) is 27.2. The largest absolute Gasteiger partial charge is 0.355 e. The van der Waals surface area contributed by atoms with Crippen molar-refractivity contribution in [2.75, 3.05) is 17.4 Å². The molecule has 0 aliphatic heterocycles. The molecule has 11 heteroatoms. The minimum absolute atomic E-state index is 0.0280. The Morgan fingerprint density at radius 2 is 1.59 bits per heavy atom. The number of sulfonamides is 1. The molecule has 0 aromatic heterocycles. The van der Waals surface area contributed by atoms with Gasteiger partial charge in [-0.15, -0.1) is 0 Å². The van der Waals surface area contributed by atoms with Crippen molar-refractivity contribution >= 4 is 66.7 Å². The summed E-state index contributed by atoms with van der Waals surface area (Å²) in [7, 11) is -4.13. The summed E-state index contributed by atoms with van der Waals surface area (Å²) in [5.41, 5.74) is 0.739. The average molecular weight is 627 g/mol. The minimum Gasteiger partial charge on any atom is -0.355 e. The van der Waals surface area contributed by atoms with Gasteiger partial charge in [0.25, 0.3) is 10.0 Å². The van der Waals surface area contributed by atoms with Crippen LogP contribution >= 0.6 is 39.1 Å². The van der Waals surface area contributed by atoms with Crippen LogP contribution in [0.5, 0.6) is 0 Å². The van der Waals surface area contributed by atoms with Gasteiger partial charge in [-0.2, -0.15) is 0 Å². The van der Waals surface area contributed by atoms with Gasteiger partial charge in [0, 0.05) is 33.2 Å². The van der Waals surface area contributed by atoms with Crippen LogP contribution in [0.3, 0.4) is 0 Å². The summed E-state index contributed by atoms with van der Waals surface area (Å²) in [4.78, 5) is 27.9. The topological polar surface area (TPSA) is 86.8 Å². The minimum atomic E-state index is -4.13. The van der Waals surface area contributed by atoms with E-state index in [1.807, 2.05) is 0 Å². The lowest BCUT2D eigenvalue weighted by Gasteiger charge is -2.32. The number of benzene rings is 3. The molecule has 3 aromatic carbocycles. The predicted octanol–water partition coefficient (Wildman–Crippen LogP) is 5.50. The number of hydrogen-bond donors (Lipinski definition) is 1. The number of anilines is 1. The van der Waals surface area contributed by atoms with Crippen molar-refractivity contribution in [2.24, 2.45) is 0 Å². The first-order valence-electron chi connectivity index (χ1n) is 11.4. The molecule has 2 amide bonds. The van der Waals surface area contributed by atoms with Crippen molar-refractivity contribution in [3.63, 3.8) is 0 Å². The molecule has 3 aromatic rings. The lowest BCUT2D eigenvalue weighted by atomic mass is 10.1. The predicted molar refractivity (Wildman–Crippen MR) is 150 cm³/mol. The highest BCUT2D eigenvalue weighted by molar-refractivity contribution is 9.10. The van der Waals surface area contributed by atoms with Gasteiger partial charge < -0.3 is 10.2 Å². The first-order chi connectivity index (χ1) is 17.6. The van der Waals surface area contributed by atoms with Gasteiger partial charge in [-0.1, -0.05) is 69.5 Å². The Morgan fingerprint density at radius 1 is 0.973 bits per heavy atom. The van der Waals surface area contributed by atoms with E-state index in [1.54, 1.807) is 74.5 Å². The molecule has 0 fully saturated rings. The third-order valence-corrected chi connectivity index (χ3v) is 8.60. The van der Waals surface area contributed by atoms with Gasteiger partial charge in [-0.05, 0) is 56.3 Å². The van der Waals surface area contributed by atoms with Crippen LogP contribution in [0.2, 0.25) is 10.0 Å². The van der Waals surface area contributed by atoms with Crippen molar-refractivity contribution in [3.05, 3.63) is 92.9 Å². The molecule has 1 N–H and O–H groups in total. The van der Waals surface area contributed by atoms with Crippen molar-refractivity contribution in [1.82, 2.24) is 10.2 Å². The molecule has 0 heterocycles. The van der Waals surface area contributed by atoms with Gasteiger partial charge in [0.15, 0.2) is 0 Å². The molecule has 0 unspecified atom stereocenters. The number of halogens is 3. The number of carbonyl (C=O) groups excluding carboxylic acids is 2. The van der Waals surface area contributed by atoms with Crippen LogP contribution in [0.15, 0.2) is 82.2 Å². The van der Waals surface area contributed by atoms with Gasteiger partial charge in [0.05, 0.1) is 10.6 Å². The van der Waals surface area contributed by atoms with E-state index in [2.05, 4.69) is 21.2 Å². The lowest BCUT2D eigenvalue weighted by molar-refractivity contribution is -0.139. The number of hydrogen-bond acceptors (Lipinski definition) is 4. The fourth-order valence-electron chi connectivity index (χ4n) is 3.64. The van der Waals surface area contributed by atoms with Crippen LogP contribution in [0.1, 0.15) is 19.4 Å². The Kier molecular flexibility index (Phi) is 10.0. The second-order valence-corrected chi connectivity index (χ2v) is 11.7. The molecule has 3 rings (SSSR count). The highest BCUT2D eigenvalue weighted by Gasteiger charge is 2.33. The summed E-state index contributed by atoms with van der Waals surface area (Å²) in [6.45, 7) is 3.06. The number of nitrogens with zero attached hydrogens (tertiary/aromatic N) is 2. The molecule has 0 saturated heterocycles. The van der Waals surface area contributed by atoms with E-state index in [9.17, 15) is 18.0 Å². The van der Waals surface area contributed by atoms with Crippen LogP contribution in [0, 0.1) is 0 Å². The summed E-state index contributed by atoms with van der Waals surface area (Å²) >= 11 is 16.1. The molecule has 0 radical (unpaired) electrons.